The molecule has 1 aromatic carbocycles. The quantitative estimate of drug-likeness (QED) is 0.446. The van der Waals surface area contributed by atoms with E-state index in [0.717, 1.165) is 0 Å². The second-order valence-electron chi connectivity index (χ2n) is 3.09. The minimum absolute atomic E-state index is 0.123. The van der Waals surface area contributed by atoms with E-state index in [1.807, 2.05) is 0 Å². The van der Waals surface area contributed by atoms with Gasteiger partial charge in [-0.1, -0.05) is 0 Å². The lowest BCUT2D eigenvalue weighted by Gasteiger charge is -2.12. The summed E-state index contributed by atoms with van der Waals surface area (Å²) in [7, 11) is 0. The highest BCUT2D eigenvalue weighted by Gasteiger charge is 2.22. The first-order chi connectivity index (χ1) is 8.13. The molecule has 0 heterocycles. The number of hydrazine groups is 1. The Morgan fingerprint density at radius 1 is 1.35 bits per heavy atom. The van der Waals surface area contributed by atoms with E-state index in [2.05, 4.69) is 5.43 Å². The molecule has 0 saturated carbocycles. The van der Waals surface area contributed by atoms with Gasteiger partial charge in [0, 0.05) is 12.1 Å². The van der Waals surface area contributed by atoms with Crippen LogP contribution in [0.2, 0.25) is 0 Å². The van der Waals surface area contributed by atoms with Gasteiger partial charge in [0.15, 0.2) is 5.75 Å². The van der Waals surface area contributed by atoms with Crippen molar-refractivity contribution in [3.05, 3.63) is 22.2 Å². The van der Waals surface area contributed by atoms with Crippen LogP contribution in [0.3, 0.4) is 0 Å². The smallest absolute Gasteiger partial charge is 0.316 e. The fraction of sp³-hybridized carbons (Fsp3) is 0.400. The van der Waals surface area contributed by atoms with Gasteiger partial charge in [-0.25, -0.2) is 0 Å². The number of hydrogen-bond donors (Lipinski definition) is 2. The number of nitrogens with one attached hydrogen (secondary N) is 1. The van der Waals surface area contributed by atoms with Gasteiger partial charge in [0.1, 0.15) is 0 Å². The zero-order valence-electron chi connectivity index (χ0n) is 9.73. The molecule has 0 unspecified atom stereocenters. The largest absolute Gasteiger partial charge is 0.490 e. The Hall–Kier alpha value is -2.02. The van der Waals surface area contributed by atoms with Crippen LogP contribution in [0.25, 0.3) is 0 Å². The van der Waals surface area contributed by atoms with Crippen LogP contribution in [0.1, 0.15) is 13.8 Å². The number of hydrogen-bond acceptors (Lipinski definition) is 6. The number of nitrogens with zero attached hydrogens (tertiary/aromatic N) is 1. The molecule has 0 fully saturated rings. The molecule has 94 valence electrons. The summed E-state index contributed by atoms with van der Waals surface area (Å²) in [5.41, 5.74) is 2.57. The van der Waals surface area contributed by atoms with Crippen LogP contribution < -0.4 is 20.7 Å². The second-order valence-corrected chi connectivity index (χ2v) is 3.09. The summed E-state index contributed by atoms with van der Waals surface area (Å²) in [6.45, 7) is 4.22. The van der Waals surface area contributed by atoms with Crippen molar-refractivity contribution in [2.45, 2.75) is 13.8 Å². The first kappa shape index (κ1) is 13.0. The number of nitro benzene ring substituents is 1. The van der Waals surface area contributed by atoms with Crippen molar-refractivity contribution in [1.29, 1.82) is 0 Å². The number of ether oxygens (including phenoxy) is 2. The first-order valence-electron chi connectivity index (χ1n) is 5.18. The predicted molar refractivity (Wildman–Crippen MR) is 63.2 cm³/mol. The normalized spacial score (nSPS) is 9.82. The Kier molecular flexibility index (Phi) is 4.53. The van der Waals surface area contributed by atoms with Crippen molar-refractivity contribution < 1.29 is 14.4 Å². The highest BCUT2D eigenvalue weighted by atomic mass is 16.6. The summed E-state index contributed by atoms with van der Waals surface area (Å²) in [4.78, 5) is 10.4. The number of nitro groups is 1. The van der Waals surface area contributed by atoms with Gasteiger partial charge in [0.25, 0.3) is 0 Å². The van der Waals surface area contributed by atoms with Gasteiger partial charge in [0.05, 0.1) is 23.8 Å². The zero-order chi connectivity index (χ0) is 12.8. The molecule has 17 heavy (non-hydrogen) atoms. The van der Waals surface area contributed by atoms with Crippen LogP contribution in [0.4, 0.5) is 11.4 Å². The van der Waals surface area contributed by atoms with E-state index in [9.17, 15) is 10.1 Å². The molecule has 0 atom stereocenters. The number of nitrogens with two attached hydrogens (primary N) is 1. The molecule has 0 amide bonds. The molecule has 0 aliphatic carbocycles. The Morgan fingerprint density at radius 2 is 2.00 bits per heavy atom. The fourth-order valence-corrected chi connectivity index (χ4v) is 1.36. The third-order valence-corrected chi connectivity index (χ3v) is 1.99. The third-order valence-electron chi connectivity index (χ3n) is 1.99. The van der Waals surface area contributed by atoms with Gasteiger partial charge in [-0.2, -0.15) is 0 Å². The van der Waals surface area contributed by atoms with Gasteiger partial charge < -0.3 is 14.9 Å². The Labute approximate surface area is 98.6 Å². The van der Waals surface area contributed by atoms with Crippen LogP contribution in [-0.2, 0) is 0 Å². The average Bonchev–Trinajstić information content (AvgIpc) is 2.31. The van der Waals surface area contributed by atoms with Crippen molar-refractivity contribution in [2.75, 3.05) is 18.6 Å². The Morgan fingerprint density at radius 3 is 2.47 bits per heavy atom. The minimum Gasteiger partial charge on any atom is -0.490 e. The lowest BCUT2D eigenvalue weighted by molar-refractivity contribution is -0.385. The van der Waals surface area contributed by atoms with Crippen molar-refractivity contribution in [1.82, 2.24) is 0 Å². The monoisotopic (exact) mass is 241 g/mol. The zero-order valence-corrected chi connectivity index (χ0v) is 9.73. The Bertz CT molecular complexity index is 409. The van der Waals surface area contributed by atoms with E-state index < -0.39 is 4.92 Å². The molecule has 7 nitrogen and oxygen atoms in total. The van der Waals surface area contributed by atoms with Crippen LogP contribution >= 0.6 is 0 Å². The molecule has 1 aromatic rings. The van der Waals surface area contributed by atoms with Crippen LogP contribution in [0.15, 0.2) is 12.1 Å². The van der Waals surface area contributed by atoms with E-state index in [1.54, 1.807) is 19.9 Å². The molecule has 3 N–H and O–H groups in total. The molecule has 0 saturated heterocycles. The van der Waals surface area contributed by atoms with Crippen molar-refractivity contribution in [3.63, 3.8) is 0 Å². The van der Waals surface area contributed by atoms with Crippen LogP contribution in [-0.4, -0.2) is 18.1 Å². The number of benzene rings is 1. The molecule has 0 aliphatic heterocycles. The third kappa shape index (κ3) is 2.97. The molecular formula is C10H15N3O4. The molecule has 0 spiro atoms. The van der Waals surface area contributed by atoms with Crippen LogP contribution in [0.5, 0.6) is 11.5 Å². The van der Waals surface area contributed by atoms with Gasteiger partial charge in [-0.15, -0.1) is 0 Å². The van der Waals surface area contributed by atoms with E-state index >= 15 is 0 Å². The van der Waals surface area contributed by atoms with E-state index in [1.165, 1.54) is 6.07 Å². The minimum atomic E-state index is -0.533. The van der Waals surface area contributed by atoms with Crippen molar-refractivity contribution in [3.8, 4) is 11.5 Å². The average molecular weight is 241 g/mol. The molecule has 1 rings (SSSR count). The first-order valence-corrected chi connectivity index (χ1v) is 5.18. The lowest BCUT2D eigenvalue weighted by atomic mass is 10.2. The maximum Gasteiger partial charge on any atom is 0.316 e. The fourth-order valence-electron chi connectivity index (χ4n) is 1.36. The van der Waals surface area contributed by atoms with Crippen molar-refractivity contribution >= 4 is 11.4 Å². The molecular weight excluding hydrogens is 226 g/mol. The SMILES string of the molecule is CCOc1cc(NN)cc([N+](=O)[O-])c1OCC. The molecule has 0 aromatic heterocycles. The van der Waals surface area contributed by atoms with E-state index in [-0.39, 0.29) is 11.4 Å². The van der Waals surface area contributed by atoms with Gasteiger partial charge in [-0.3, -0.25) is 16.0 Å². The molecule has 0 bridgehead atoms. The highest BCUT2D eigenvalue weighted by molar-refractivity contribution is 5.65. The lowest BCUT2D eigenvalue weighted by Crippen LogP contribution is -2.09. The van der Waals surface area contributed by atoms with E-state index in [4.69, 9.17) is 15.3 Å². The summed E-state index contributed by atoms with van der Waals surface area (Å²) in [5, 5.41) is 10.9. The second kappa shape index (κ2) is 5.90. The predicted octanol–water partition coefficient (Wildman–Crippen LogP) is 1.68. The summed E-state index contributed by atoms with van der Waals surface area (Å²) < 4.78 is 10.5. The van der Waals surface area contributed by atoms with Gasteiger partial charge in [0.2, 0.25) is 5.75 Å². The standard InChI is InChI=1S/C10H15N3O4/c1-3-16-9-6-7(12-11)5-8(13(14)15)10(9)17-4-2/h5-6,12H,3-4,11H2,1-2H3. The summed E-state index contributed by atoms with van der Waals surface area (Å²) in [6, 6.07) is 2.86. The molecule has 7 heteroatoms. The molecule has 0 radical (unpaired) electrons. The number of rotatable bonds is 6. The van der Waals surface area contributed by atoms with Gasteiger partial charge in [-0.05, 0) is 13.8 Å². The maximum atomic E-state index is 10.9. The summed E-state index contributed by atoms with van der Waals surface area (Å²) in [5.74, 6) is 5.66. The number of nitrogen functional groups attached to an aromatic ring is 1. The topological polar surface area (TPSA) is 99.7 Å². The summed E-state index contributed by atoms with van der Waals surface area (Å²) in [6.07, 6.45) is 0. The van der Waals surface area contributed by atoms with Gasteiger partial charge >= 0.3 is 5.69 Å². The maximum absolute atomic E-state index is 10.9. The number of anilines is 1. The molecule has 0 aliphatic rings. The van der Waals surface area contributed by atoms with E-state index in [0.29, 0.717) is 24.7 Å². The van der Waals surface area contributed by atoms with Crippen molar-refractivity contribution in [2.24, 2.45) is 5.84 Å². The van der Waals surface area contributed by atoms with Crippen LogP contribution in [0, 0.1) is 10.1 Å². The summed E-state index contributed by atoms with van der Waals surface area (Å²) >= 11 is 0. The highest BCUT2D eigenvalue weighted by Crippen LogP contribution is 2.39. The Balaban J connectivity index is 3.32.